The van der Waals surface area contributed by atoms with Crippen molar-refractivity contribution in [1.82, 2.24) is 5.32 Å². The van der Waals surface area contributed by atoms with Gasteiger partial charge in [-0.2, -0.15) is 0 Å². The minimum atomic E-state index is -0.556. The third-order valence-corrected chi connectivity index (χ3v) is 1.95. The van der Waals surface area contributed by atoms with Crippen LogP contribution in [0.25, 0.3) is 0 Å². The zero-order chi connectivity index (χ0) is 12.1. The number of hydrogen-bond acceptors (Lipinski definition) is 4. The van der Waals surface area contributed by atoms with Crippen LogP contribution in [0.15, 0.2) is 18.2 Å². The minimum absolute atomic E-state index is 0.289. The van der Waals surface area contributed by atoms with E-state index in [4.69, 9.17) is 10.5 Å². The van der Waals surface area contributed by atoms with E-state index in [1.165, 1.54) is 13.1 Å². The Labute approximate surface area is 93.6 Å². The molecule has 5 nitrogen and oxygen atoms in total. The standard InChI is InChI=1S/C11H14N2O3/c1-7-3-8(5-9(12)4-7)11(15)16-6-10(14)13-2/h3-5H,6,12H2,1-2H3,(H,13,14). The van der Waals surface area contributed by atoms with Crippen molar-refractivity contribution >= 4 is 17.6 Å². The number of aryl methyl sites for hydroxylation is 1. The molecule has 0 radical (unpaired) electrons. The lowest BCUT2D eigenvalue weighted by Gasteiger charge is -2.05. The molecule has 0 atom stereocenters. The van der Waals surface area contributed by atoms with Gasteiger partial charge in [0, 0.05) is 12.7 Å². The number of carbonyl (C=O) groups excluding carboxylic acids is 2. The van der Waals surface area contributed by atoms with Crippen molar-refractivity contribution in [2.24, 2.45) is 0 Å². The fourth-order valence-corrected chi connectivity index (χ4v) is 1.22. The molecule has 5 heteroatoms. The van der Waals surface area contributed by atoms with Crippen LogP contribution in [0.1, 0.15) is 15.9 Å². The Bertz CT molecular complexity index is 395. The SMILES string of the molecule is CNC(=O)COC(=O)c1cc(C)cc(N)c1. The molecule has 0 aliphatic rings. The van der Waals surface area contributed by atoms with Gasteiger partial charge in [-0.3, -0.25) is 4.79 Å². The second kappa shape index (κ2) is 5.16. The van der Waals surface area contributed by atoms with Crippen molar-refractivity contribution in [1.29, 1.82) is 0 Å². The lowest BCUT2D eigenvalue weighted by atomic mass is 10.1. The summed E-state index contributed by atoms with van der Waals surface area (Å²) in [5.41, 5.74) is 7.30. The molecule has 0 heterocycles. The number of nitrogen functional groups attached to an aromatic ring is 1. The molecule has 0 saturated carbocycles. The number of benzene rings is 1. The van der Waals surface area contributed by atoms with Gasteiger partial charge in [-0.1, -0.05) is 0 Å². The predicted molar refractivity (Wildman–Crippen MR) is 59.9 cm³/mol. The second-order valence-electron chi connectivity index (χ2n) is 3.38. The number of likely N-dealkylation sites (N-methyl/N-ethyl adjacent to an activating group) is 1. The second-order valence-corrected chi connectivity index (χ2v) is 3.38. The van der Waals surface area contributed by atoms with Crippen LogP contribution in [0.4, 0.5) is 5.69 Å². The summed E-state index contributed by atoms with van der Waals surface area (Å²) in [5, 5.41) is 2.35. The van der Waals surface area contributed by atoms with E-state index in [0.29, 0.717) is 11.3 Å². The highest BCUT2D eigenvalue weighted by Gasteiger charge is 2.10. The number of nitrogens with one attached hydrogen (secondary N) is 1. The molecule has 1 amide bonds. The number of hydrogen-bond donors (Lipinski definition) is 2. The van der Waals surface area contributed by atoms with Crippen molar-refractivity contribution in [2.45, 2.75) is 6.92 Å². The molecule has 0 saturated heterocycles. The number of ether oxygens (including phenoxy) is 1. The molecule has 3 N–H and O–H groups in total. The van der Waals surface area contributed by atoms with Crippen LogP contribution in [0, 0.1) is 6.92 Å². The van der Waals surface area contributed by atoms with E-state index in [1.54, 1.807) is 12.1 Å². The van der Waals surface area contributed by atoms with Gasteiger partial charge in [0.15, 0.2) is 6.61 Å². The number of amides is 1. The summed E-state index contributed by atoms with van der Waals surface area (Å²) in [5.74, 6) is -0.909. The molecular weight excluding hydrogens is 208 g/mol. The van der Waals surface area contributed by atoms with Crippen LogP contribution < -0.4 is 11.1 Å². The first-order valence-electron chi connectivity index (χ1n) is 4.78. The van der Waals surface area contributed by atoms with Crippen LogP contribution in [-0.2, 0) is 9.53 Å². The van der Waals surface area contributed by atoms with Crippen LogP contribution >= 0.6 is 0 Å². The summed E-state index contributed by atoms with van der Waals surface area (Å²) in [7, 11) is 1.47. The van der Waals surface area contributed by atoms with Gasteiger partial charge < -0.3 is 15.8 Å². The molecular formula is C11H14N2O3. The zero-order valence-corrected chi connectivity index (χ0v) is 9.24. The largest absolute Gasteiger partial charge is 0.452 e. The van der Waals surface area contributed by atoms with E-state index in [0.717, 1.165) is 5.56 Å². The molecule has 0 aliphatic heterocycles. The monoisotopic (exact) mass is 222 g/mol. The van der Waals surface area contributed by atoms with Gasteiger partial charge in [-0.15, -0.1) is 0 Å². The van der Waals surface area contributed by atoms with E-state index in [9.17, 15) is 9.59 Å². The van der Waals surface area contributed by atoms with E-state index in [2.05, 4.69) is 5.32 Å². The Morgan fingerprint density at radius 1 is 1.38 bits per heavy atom. The normalized spacial score (nSPS) is 9.62. The van der Waals surface area contributed by atoms with E-state index >= 15 is 0 Å². The molecule has 16 heavy (non-hydrogen) atoms. The van der Waals surface area contributed by atoms with E-state index in [-0.39, 0.29) is 12.5 Å². The van der Waals surface area contributed by atoms with Crippen molar-refractivity contribution in [3.05, 3.63) is 29.3 Å². The Morgan fingerprint density at radius 3 is 2.62 bits per heavy atom. The maximum absolute atomic E-state index is 11.5. The minimum Gasteiger partial charge on any atom is -0.452 e. The molecule has 1 aromatic carbocycles. The average Bonchev–Trinajstić information content (AvgIpc) is 2.23. The van der Waals surface area contributed by atoms with Gasteiger partial charge in [0.05, 0.1) is 5.56 Å². The highest BCUT2D eigenvalue weighted by Crippen LogP contribution is 2.12. The number of carbonyl (C=O) groups is 2. The maximum atomic E-state index is 11.5. The summed E-state index contributed by atoms with van der Waals surface area (Å²) in [6, 6.07) is 4.91. The van der Waals surface area contributed by atoms with Gasteiger partial charge in [0.1, 0.15) is 0 Å². The molecule has 0 aromatic heterocycles. The van der Waals surface area contributed by atoms with Gasteiger partial charge in [-0.25, -0.2) is 4.79 Å². The molecule has 86 valence electrons. The number of esters is 1. The number of nitrogens with two attached hydrogens (primary N) is 1. The lowest BCUT2D eigenvalue weighted by Crippen LogP contribution is -2.25. The summed E-state index contributed by atoms with van der Waals surface area (Å²) < 4.78 is 4.78. The van der Waals surface area contributed by atoms with Crippen molar-refractivity contribution in [2.75, 3.05) is 19.4 Å². The number of rotatable bonds is 3. The third-order valence-electron chi connectivity index (χ3n) is 1.95. The van der Waals surface area contributed by atoms with E-state index in [1.807, 2.05) is 6.92 Å². The van der Waals surface area contributed by atoms with Crippen LogP contribution in [0.5, 0.6) is 0 Å². The van der Waals surface area contributed by atoms with E-state index < -0.39 is 5.97 Å². The van der Waals surface area contributed by atoms with Gasteiger partial charge in [0.2, 0.25) is 0 Å². The van der Waals surface area contributed by atoms with Crippen LogP contribution in [0.2, 0.25) is 0 Å². The third kappa shape index (κ3) is 3.27. The predicted octanol–water partition coefficient (Wildman–Crippen LogP) is 0.480. The molecule has 1 aromatic rings. The van der Waals surface area contributed by atoms with Crippen molar-refractivity contribution in [3.63, 3.8) is 0 Å². The van der Waals surface area contributed by atoms with Gasteiger partial charge in [0.25, 0.3) is 5.91 Å². The first-order valence-corrected chi connectivity index (χ1v) is 4.78. The smallest absolute Gasteiger partial charge is 0.338 e. The molecule has 1 rings (SSSR count). The highest BCUT2D eigenvalue weighted by atomic mass is 16.5. The molecule has 0 spiro atoms. The Morgan fingerprint density at radius 2 is 2.06 bits per heavy atom. The van der Waals surface area contributed by atoms with Crippen molar-refractivity contribution < 1.29 is 14.3 Å². The summed E-state index contributed by atoms with van der Waals surface area (Å²) in [6.07, 6.45) is 0. The highest BCUT2D eigenvalue weighted by molar-refractivity contribution is 5.92. The Kier molecular flexibility index (Phi) is 3.88. The van der Waals surface area contributed by atoms with Crippen LogP contribution in [0.3, 0.4) is 0 Å². The quantitative estimate of drug-likeness (QED) is 0.575. The molecule has 0 fully saturated rings. The van der Waals surface area contributed by atoms with Gasteiger partial charge >= 0.3 is 5.97 Å². The summed E-state index contributed by atoms with van der Waals surface area (Å²) in [6.45, 7) is 1.54. The Balaban J connectivity index is 2.69. The molecule has 0 bridgehead atoms. The Hall–Kier alpha value is -2.04. The molecule has 0 unspecified atom stereocenters. The lowest BCUT2D eigenvalue weighted by molar-refractivity contribution is -0.123. The molecule has 0 aliphatic carbocycles. The average molecular weight is 222 g/mol. The summed E-state index contributed by atoms with van der Waals surface area (Å²) >= 11 is 0. The van der Waals surface area contributed by atoms with Crippen molar-refractivity contribution in [3.8, 4) is 0 Å². The maximum Gasteiger partial charge on any atom is 0.338 e. The fourth-order valence-electron chi connectivity index (χ4n) is 1.22. The topological polar surface area (TPSA) is 81.4 Å². The zero-order valence-electron chi connectivity index (χ0n) is 9.24. The van der Waals surface area contributed by atoms with Gasteiger partial charge in [-0.05, 0) is 30.7 Å². The fraction of sp³-hybridized carbons (Fsp3) is 0.273. The number of anilines is 1. The summed E-state index contributed by atoms with van der Waals surface area (Å²) in [4.78, 5) is 22.4. The first-order chi connectivity index (χ1) is 7.52. The first kappa shape index (κ1) is 12.0. The van der Waals surface area contributed by atoms with Crippen LogP contribution in [-0.4, -0.2) is 25.5 Å².